The summed E-state index contributed by atoms with van der Waals surface area (Å²) in [5.74, 6) is -0.258. The van der Waals surface area contributed by atoms with Gasteiger partial charge in [-0.2, -0.15) is 12.7 Å². The zero-order valence-corrected chi connectivity index (χ0v) is 26.4. The number of rotatable bonds is 12. The molecule has 1 N–H and O–H groups in total. The Morgan fingerprint density at radius 3 is 2.67 bits per heavy atom. The lowest BCUT2D eigenvalue weighted by Gasteiger charge is -2.25. The zero-order valence-electron chi connectivity index (χ0n) is 24.0. The number of aryl methyl sites for hydroxylation is 3. The number of benzene rings is 2. The molecule has 0 saturated carbocycles. The largest absolute Gasteiger partial charge is 0.491 e. The van der Waals surface area contributed by atoms with E-state index in [1.54, 1.807) is 11.7 Å². The number of aromatic nitrogens is 3. The van der Waals surface area contributed by atoms with E-state index in [1.165, 1.54) is 13.2 Å². The molecule has 1 unspecified atom stereocenters. The first-order chi connectivity index (χ1) is 19.6. The Bertz CT molecular complexity index is 1560. The van der Waals surface area contributed by atoms with Gasteiger partial charge in [-0.3, -0.25) is 4.79 Å². The van der Waals surface area contributed by atoms with Crippen molar-refractivity contribution in [3.05, 3.63) is 64.1 Å². The van der Waals surface area contributed by atoms with E-state index in [-0.39, 0.29) is 31.9 Å². The van der Waals surface area contributed by atoms with E-state index in [9.17, 15) is 18.3 Å². The normalized spacial score (nSPS) is 15.4. The highest BCUT2D eigenvalue weighted by Gasteiger charge is 2.30. The average molecular weight is 644 g/mol. The third-order valence-electron chi connectivity index (χ3n) is 7.24. The molecule has 11 nitrogen and oxygen atoms in total. The summed E-state index contributed by atoms with van der Waals surface area (Å²) in [7, 11) is -0.994. The fourth-order valence-electron chi connectivity index (χ4n) is 4.90. The van der Waals surface area contributed by atoms with E-state index in [2.05, 4.69) is 14.5 Å². The van der Waals surface area contributed by atoms with Gasteiger partial charge in [-0.25, -0.2) is 4.68 Å². The van der Waals surface area contributed by atoms with Crippen molar-refractivity contribution in [2.45, 2.75) is 52.0 Å². The number of halogens is 2. The number of carbonyl (C=O) groups excluding carboxylic acids is 1. The van der Waals surface area contributed by atoms with Gasteiger partial charge >= 0.3 is 16.3 Å². The standard InChI is InChI=1S/C28H35ClN4O7S.ClH/c1-18-8-9-20(14-21(18)17-33-12-10-25(34)40-41(33,36)37)23(16-26(35)38-4)22-15-24(39-13-7-5-6-11-29)28-27(19(22)2)30-31-32(28)3;/h8-10,14-15,23,34H,5-7,11-13,16-17H2,1-4H3;1H. The minimum absolute atomic E-state index is 0. The number of aliphatic hydroxyl groups excluding tert-OH is 1. The van der Waals surface area contributed by atoms with Crippen LogP contribution in [0.4, 0.5) is 0 Å². The molecule has 0 spiro atoms. The summed E-state index contributed by atoms with van der Waals surface area (Å²) in [4.78, 5) is 12.7. The molecule has 3 aromatic rings. The van der Waals surface area contributed by atoms with E-state index in [0.717, 1.165) is 56.9 Å². The monoisotopic (exact) mass is 642 g/mol. The van der Waals surface area contributed by atoms with Crippen LogP contribution in [-0.2, 0) is 37.6 Å². The minimum Gasteiger partial charge on any atom is -0.491 e. The van der Waals surface area contributed by atoms with Crippen molar-refractivity contribution in [3.8, 4) is 5.75 Å². The summed E-state index contributed by atoms with van der Waals surface area (Å²) in [6.07, 6.45) is 4.02. The fourth-order valence-corrected chi connectivity index (χ4v) is 6.04. The van der Waals surface area contributed by atoms with Crippen molar-refractivity contribution in [2.24, 2.45) is 7.05 Å². The molecule has 0 amide bonds. The van der Waals surface area contributed by atoms with Crippen LogP contribution in [0.3, 0.4) is 0 Å². The zero-order chi connectivity index (χ0) is 29.7. The molecule has 14 heteroatoms. The van der Waals surface area contributed by atoms with E-state index in [4.69, 9.17) is 21.1 Å². The van der Waals surface area contributed by atoms with Crippen LogP contribution in [0.25, 0.3) is 11.0 Å². The Balaban J connectivity index is 0.00000484. The van der Waals surface area contributed by atoms with Crippen LogP contribution < -0.4 is 4.74 Å². The summed E-state index contributed by atoms with van der Waals surface area (Å²) in [5.41, 5.74) is 5.50. The maximum absolute atomic E-state index is 12.7. The Hall–Kier alpha value is -3.06. The van der Waals surface area contributed by atoms with Gasteiger partial charge in [0.1, 0.15) is 16.8 Å². The Morgan fingerprint density at radius 1 is 1.21 bits per heavy atom. The van der Waals surface area contributed by atoms with Crippen LogP contribution in [0.15, 0.2) is 36.3 Å². The second kappa shape index (κ2) is 14.4. The van der Waals surface area contributed by atoms with Crippen molar-refractivity contribution in [1.29, 1.82) is 0 Å². The maximum Gasteiger partial charge on any atom is 0.388 e. The lowest BCUT2D eigenvalue weighted by atomic mass is 9.84. The van der Waals surface area contributed by atoms with Crippen molar-refractivity contribution in [2.75, 3.05) is 26.1 Å². The topological polar surface area (TPSA) is 133 Å². The number of nitrogens with zero attached hydrogens (tertiary/aromatic N) is 4. The summed E-state index contributed by atoms with van der Waals surface area (Å²) in [6.45, 7) is 4.30. The smallest absolute Gasteiger partial charge is 0.388 e. The van der Waals surface area contributed by atoms with Crippen molar-refractivity contribution in [1.82, 2.24) is 19.3 Å². The van der Waals surface area contributed by atoms with Crippen LogP contribution in [0.2, 0.25) is 0 Å². The quantitative estimate of drug-likeness (QED) is 0.165. The van der Waals surface area contributed by atoms with E-state index < -0.39 is 28.1 Å². The number of esters is 1. The summed E-state index contributed by atoms with van der Waals surface area (Å²) in [6, 6.07) is 7.65. The number of methoxy groups -OCH3 is 1. The fraction of sp³-hybridized carbons (Fsp3) is 0.464. The highest BCUT2D eigenvalue weighted by atomic mass is 35.5. The van der Waals surface area contributed by atoms with Crippen LogP contribution in [0, 0.1) is 13.8 Å². The molecule has 42 heavy (non-hydrogen) atoms. The van der Waals surface area contributed by atoms with Crippen molar-refractivity contribution >= 4 is 51.3 Å². The molecule has 0 aliphatic carbocycles. The second-order valence-corrected chi connectivity index (χ2v) is 11.9. The highest BCUT2D eigenvalue weighted by molar-refractivity contribution is 7.84. The number of hydrogen-bond acceptors (Lipinski definition) is 9. The van der Waals surface area contributed by atoms with Gasteiger partial charge in [0.25, 0.3) is 5.95 Å². The first-order valence-electron chi connectivity index (χ1n) is 13.3. The van der Waals surface area contributed by atoms with Gasteiger partial charge < -0.3 is 18.8 Å². The summed E-state index contributed by atoms with van der Waals surface area (Å²) >= 11 is 5.81. The molecule has 1 aliphatic heterocycles. The van der Waals surface area contributed by atoms with E-state index >= 15 is 0 Å². The predicted molar refractivity (Wildman–Crippen MR) is 161 cm³/mol. The van der Waals surface area contributed by atoms with Gasteiger partial charge in [0, 0.05) is 38.0 Å². The number of ether oxygens (including phenoxy) is 2. The first kappa shape index (κ1) is 33.4. The Morgan fingerprint density at radius 2 is 1.98 bits per heavy atom. The summed E-state index contributed by atoms with van der Waals surface area (Å²) in [5, 5.41) is 18.1. The van der Waals surface area contributed by atoms with Crippen LogP contribution in [0.5, 0.6) is 5.75 Å². The van der Waals surface area contributed by atoms with Crippen LogP contribution in [0.1, 0.15) is 59.4 Å². The molecular weight excluding hydrogens is 607 g/mol. The third-order valence-corrected chi connectivity index (χ3v) is 8.80. The summed E-state index contributed by atoms with van der Waals surface area (Å²) < 4.78 is 43.7. The predicted octanol–water partition coefficient (Wildman–Crippen LogP) is 4.97. The molecule has 1 atom stereocenters. The van der Waals surface area contributed by atoms with Crippen LogP contribution >= 0.6 is 24.0 Å². The molecule has 1 aromatic heterocycles. The third kappa shape index (κ3) is 7.47. The molecular formula is C28H36Cl2N4O7S. The number of unbranched alkanes of at least 4 members (excludes halogenated alkanes) is 2. The Labute approximate surface area is 257 Å². The number of aliphatic hydroxyl groups is 1. The number of hydrogen-bond donors (Lipinski definition) is 1. The molecule has 1 aliphatic rings. The molecule has 0 bridgehead atoms. The molecule has 2 heterocycles. The number of fused-ring (bicyclic) bond motifs is 1. The van der Waals surface area contributed by atoms with Gasteiger partial charge in [0.2, 0.25) is 0 Å². The SMILES string of the molecule is COC(=O)CC(c1ccc(C)c(CN2CC=C(O)OS2(=O)=O)c1)c1cc(OCCCCCCl)c2c(nnn2C)c1C.Cl. The maximum atomic E-state index is 12.7. The van der Waals surface area contributed by atoms with Gasteiger partial charge in [0.15, 0.2) is 0 Å². The van der Waals surface area contributed by atoms with Gasteiger partial charge in [-0.1, -0.05) is 23.4 Å². The second-order valence-electron chi connectivity index (χ2n) is 9.99. The Kier molecular flexibility index (Phi) is 11.5. The van der Waals surface area contributed by atoms with Crippen molar-refractivity contribution < 1.29 is 32.0 Å². The van der Waals surface area contributed by atoms with Crippen LogP contribution in [-0.4, -0.2) is 64.9 Å². The lowest BCUT2D eigenvalue weighted by Crippen LogP contribution is -2.35. The first-order valence-corrected chi connectivity index (χ1v) is 15.2. The minimum atomic E-state index is -4.15. The lowest BCUT2D eigenvalue weighted by molar-refractivity contribution is -0.140. The van der Waals surface area contributed by atoms with Crippen molar-refractivity contribution in [3.63, 3.8) is 0 Å². The molecule has 230 valence electrons. The molecule has 0 saturated heterocycles. The number of alkyl halides is 1. The number of carbonyl (C=O) groups is 1. The highest BCUT2D eigenvalue weighted by Crippen LogP contribution is 2.39. The van der Waals surface area contributed by atoms with E-state index in [0.29, 0.717) is 23.8 Å². The average Bonchev–Trinajstić information content (AvgIpc) is 3.33. The van der Waals surface area contributed by atoms with Gasteiger partial charge in [-0.05, 0) is 67.0 Å². The molecule has 4 rings (SSSR count). The van der Waals surface area contributed by atoms with Gasteiger partial charge in [-0.15, -0.1) is 29.1 Å². The molecule has 0 radical (unpaired) electrons. The molecule has 0 fully saturated rings. The van der Waals surface area contributed by atoms with Gasteiger partial charge in [0.05, 0.1) is 20.1 Å². The molecule has 2 aromatic carbocycles. The van der Waals surface area contributed by atoms with E-state index in [1.807, 2.05) is 38.1 Å².